The van der Waals surface area contributed by atoms with Crippen LogP contribution in [0.3, 0.4) is 0 Å². The van der Waals surface area contributed by atoms with E-state index in [1.807, 2.05) is 60.9 Å². The van der Waals surface area contributed by atoms with E-state index in [-0.39, 0.29) is 55.2 Å². The van der Waals surface area contributed by atoms with Gasteiger partial charge in [-0.1, -0.05) is 99.4 Å². The van der Waals surface area contributed by atoms with E-state index in [9.17, 15) is 0 Å². The van der Waals surface area contributed by atoms with Crippen molar-refractivity contribution in [3.05, 3.63) is 176 Å². The van der Waals surface area contributed by atoms with Crippen LogP contribution in [0, 0.1) is 13.8 Å². The number of imidazole rings is 2. The molecular formula is C64H84Br2ClN8NaO4Si2. The number of likely N-dealkylation sites (tertiary alicyclic amines) is 2. The molecule has 6 heterocycles. The second kappa shape index (κ2) is 31.1. The van der Waals surface area contributed by atoms with Crippen molar-refractivity contribution in [2.24, 2.45) is 0 Å². The second-order valence-electron chi connectivity index (χ2n) is 23.8. The van der Waals surface area contributed by atoms with Crippen molar-refractivity contribution in [2.45, 2.75) is 148 Å². The zero-order chi connectivity index (χ0) is 57.7. The van der Waals surface area contributed by atoms with Gasteiger partial charge in [0.1, 0.15) is 41.5 Å². The van der Waals surface area contributed by atoms with Gasteiger partial charge in [-0.05, 0) is 179 Å². The number of nitrogens with one attached hydrogen (secondary N) is 1. The quantitative estimate of drug-likeness (QED) is 0.0477. The van der Waals surface area contributed by atoms with Crippen molar-refractivity contribution in [3.63, 3.8) is 0 Å². The van der Waals surface area contributed by atoms with Gasteiger partial charge in [0.25, 0.3) is 0 Å². The van der Waals surface area contributed by atoms with Crippen molar-refractivity contribution >= 4 is 81.7 Å². The van der Waals surface area contributed by atoms with E-state index in [4.69, 9.17) is 50.5 Å². The fourth-order valence-electron chi connectivity index (χ4n) is 11.0. The number of aryl methyl sites for hydroxylation is 2. The molecule has 10 rings (SSSR count). The third kappa shape index (κ3) is 17.7. The van der Waals surface area contributed by atoms with Gasteiger partial charge in [0, 0.05) is 63.8 Å². The number of halogens is 3. The minimum atomic E-state index is -1.19. The van der Waals surface area contributed by atoms with Crippen LogP contribution in [0.4, 0.5) is 0 Å². The Bertz CT molecular complexity index is 3270. The van der Waals surface area contributed by atoms with Gasteiger partial charge in [0.05, 0.1) is 66.3 Å². The first-order valence-electron chi connectivity index (χ1n) is 28.6. The van der Waals surface area contributed by atoms with Crippen molar-refractivity contribution in [1.29, 1.82) is 0 Å². The Hall–Kier alpha value is -3.76. The number of para-hydroxylation sites is 2. The van der Waals surface area contributed by atoms with Crippen molar-refractivity contribution < 1.29 is 49.9 Å². The Morgan fingerprint density at radius 3 is 1.62 bits per heavy atom. The van der Waals surface area contributed by atoms with Gasteiger partial charge in [0.2, 0.25) is 0 Å². The summed E-state index contributed by atoms with van der Waals surface area (Å²) in [6.07, 6.45) is 10.4. The molecule has 4 aromatic heterocycles. The van der Waals surface area contributed by atoms with E-state index in [0.717, 1.165) is 131 Å². The summed E-state index contributed by atoms with van der Waals surface area (Å²) in [6.45, 7) is 22.2. The molecule has 0 aliphatic carbocycles. The summed E-state index contributed by atoms with van der Waals surface area (Å²) in [7, 11) is 1.35. The fourth-order valence-corrected chi connectivity index (χ4v) is 13.6. The minimum absolute atomic E-state index is 0. The van der Waals surface area contributed by atoms with Crippen LogP contribution < -0.4 is 39.0 Å². The van der Waals surface area contributed by atoms with E-state index in [0.29, 0.717) is 12.8 Å². The second-order valence-corrected chi connectivity index (χ2v) is 37.0. The van der Waals surface area contributed by atoms with Crippen LogP contribution in [0.2, 0.25) is 51.4 Å². The number of benzene rings is 4. The minimum Gasteiger partial charge on any atom is -1.00 e. The van der Waals surface area contributed by atoms with Crippen LogP contribution >= 0.6 is 43.5 Å². The maximum absolute atomic E-state index is 6.35. The topological polar surface area (TPSA) is 116 Å². The number of methoxy groups -OCH3 is 2. The molecule has 4 atom stereocenters. The number of fused-ring (bicyclic) bond motifs is 2. The summed E-state index contributed by atoms with van der Waals surface area (Å²) in [5.74, 6) is 3.85. The zero-order valence-corrected chi connectivity index (χ0v) is 58.1. The maximum atomic E-state index is 6.35. The first-order valence-corrected chi connectivity index (χ1v) is 38.1. The van der Waals surface area contributed by atoms with Crippen LogP contribution in [0.1, 0.15) is 109 Å². The van der Waals surface area contributed by atoms with Crippen molar-refractivity contribution in [1.82, 2.24) is 39.3 Å². The molecule has 2 aliphatic rings. The fraction of sp³-hybridized carbons (Fsp3) is 0.438. The largest absolute Gasteiger partial charge is 1.00 e. The number of aromatic amines is 1. The Balaban J connectivity index is 0.000000231. The van der Waals surface area contributed by atoms with Gasteiger partial charge >= 0.3 is 29.6 Å². The number of hydrogen-bond acceptors (Lipinski definition) is 10. The zero-order valence-electron chi connectivity index (χ0n) is 51.2. The summed E-state index contributed by atoms with van der Waals surface area (Å²) in [5, 5.41) is 0. The summed E-state index contributed by atoms with van der Waals surface area (Å²) in [5.41, 5.74) is 11.5. The van der Waals surface area contributed by atoms with Gasteiger partial charge in [-0.15, -0.1) is 0 Å². The number of piperidine rings is 2. The number of H-pyrrole nitrogens is 1. The number of aromatic nitrogens is 6. The first kappa shape index (κ1) is 65.8. The van der Waals surface area contributed by atoms with Crippen LogP contribution in [-0.2, 0) is 29.3 Å². The molecule has 0 radical (unpaired) electrons. The number of rotatable bonds is 19. The van der Waals surface area contributed by atoms with Gasteiger partial charge in [-0.3, -0.25) is 19.8 Å². The van der Waals surface area contributed by atoms with Gasteiger partial charge in [-0.25, -0.2) is 9.97 Å². The van der Waals surface area contributed by atoms with Crippen LogP contribution in [-0.4, -0.2) is 88.9 Å². The molecule has 2 aliphatic heterocycles. The third-order valence-corrected chi connectivity index (χ3v) is 20.3. The summed E-state index contributed by atoms with van der Waals surface area (Å²) < 4.78 is 26.5. The monoisotopic (exact) mass is 1300 g/mol. The molecule has 434 valence electrons. The van der Waals surface area contributed by atoms with Gasteiger partial charge in [-0.2, -0.15) is 0 Å². The molecule has 0 amide bonds. The molecule has 8 aromatic rings. The SMILES string of the molecule is COc1ccc(CN2[C@@H](c3nc4c(Br)cccc4[nH]3)CCC[C@H]2c2ncccc2C)cc1.COc1ccc(CN2[C@@H](c3nc4cccc(Br)c4n3COCC[Si](C)(C)C)CCC[C@H]2c2ncccc2C)cc1.C[Si](C)(C)CCOCCl.[H-].[Na+]. The molecule has 0 spiro atoms. The third-order valence-electron chi connectivity index (χ3n) is 15.4. The summed E-state index contributed by atoms with van der Waals surface area (Å²) in [4.78, 5) is 28.8. The van der Waals surface area contributed by atoms with Gasteiger partial charge in [0.15, 0.2) is 0 Å². The van der Waals surface area contributed by atoms with Crippen LogP contribution in [0.5, 0.6) is 11.5 Å². The summed E-state index contributed by atoms with van der Waals surface area (Å²) in [6, 6.07) is 41.1. The van der Waals surface area contributed by atoms with E-state index in [2.05, 4.69) is 165 Å². The number of alkyl halides is 1. The number of nitrogens with zero attached hydrogens (tertiary/aromatic N) is 7. The maximum Gasteiger partial charge on any atom is 1.00 e. The Labute approximate surface area is 534 Å². The predicted octanol–water partition coefficient (Wildman–Crippen LogP) is 14.5. The van der Waals surface area contributed by atoms with E-state index in [1.165, 1.54) is 34.0 Å². The average Bonchev–Trinajstić information content (AvgIpc) is 4.32. The number of ether oxygens (including phenoxy) is 4. The Morgan fingerprint density at radius 2 is 1.11 bits per heavy atom. The van der Waals surface area contributed by atoms with Crippen LogP contribution in [0.25, 0.3) is 22.1 Å². The first-order chi connectivity index (χ1) is 38.9. The molecular weight excluding hydrogens is 1220 g/mol. The molecule has 0 bridgehead atoms. The molecule has 18 heteroatoms. The Kier molecular flexibility index (Phi) is 24.9. The van der Waals surface area contributed by atoms with Crippen molar-refractivity contribution in [3.8, 4) is 11.5 Å². The van der Waals surface area contributed by atoms with E-state index in [1.54, 1.807) is 14.2 Å². The number of pyridine rings is 2. The molecule has 12 nitrogen and oxygen atoms in total. The summed E-state index contributed by atoms with van der Waals surface area (Å²) >= 11 is 12.8. The average molecular weight is 1300 g/mol. The van der Waals surface area contributed by atoms with E-state index < -0.39 is 16.1 Å². The molecule has 4 aromatic carbocycles. The molecule has 0 unspecified atom stereocenters. The predicted molar refractivity (Wildman–Crippen MR) is 345 cm³/mol. The van der Waals surface area contributed by atoms with E-state index >= 15 is 0 Å². The molecule has 2 saturated heterocycles. The Morgan fingerprint density at radius 1 is 0.610 bits per heavy atom. The molecule has 1 N–H and O–H groups in total. The number of hydrogen-bond donors (Lipinski definition) is 1. The van der Waals surface area contributed by atoms with Gasteiger partial charge < -0.3 is 29.9 Å². The standard InChI is InChI=1S/C32H41BrN4O2Si.C26H27BrN4O.C6H15ClOSi.Na.H/c1-23-9-8-18-34-30(23)28-12-7-13-29(36(28)21-24-14-16-25(38-2)17-15-24)32-35-27-11-6-10-26(33)31(27)37(32)22-39-19-20-40(3,4)5;1-17-6-5-15-28-24(17)22-9-4-10-23(26-29-21-8-3-7-20(27)25(21)30-26)31(22)16-18-11-13-19(32-2)14-12-18;1-9(2,3)5-4-8-6-7;;/h6,8-11,14-18,28-29H,7,12-13,19-22H2,1-5H3;3,5-8,11-15,22-23H,4,9-10,16H2,1-2H3,(H,29,30);4-6H2,1-3H3;;/q;;;+1;-1/t28-,29+;22-,23+;;;/m00.../s1. The van der Waals surface area contributed by atoms with Crippen molar-refractivity contribution in [2.75, 3.05) is 33.5 Å². The smallest absolute Gasteiger partial charge is 1.00 e. The van der Waals surface area contributed by atoms with Crippen LogP contribution in [0.15, 0.2) is 131 Å². The molecule has 82 heavy (non-hydrogen) atoms. The molecule has 2 fully saturated rings. The molecule has 0 saturated carbocycles. The normalized spacial score (nSPS) is 17.8.